The van der Waals surface area contributed by atoms with Gasteiger partial charge in [0.05, 0.1) is 12.4 Å². The van der Waals surface area contributed by atoms with E-state index in [1.54, 1.807) is 0 Å². The summed E-state index contributed by atoms with van der Waals surface area (Å²) in [7, 11) is 0. The Bertz CT molecular complexity index is 365. The van der Waals surface area contributed by atoms with Crippen LogP contribution in [-0.4, -0.2) is 20.1 Å². The summed E-state index contributed by atoms with van der Waals surface area (Å²) in [5.41, 5.74) is 0. The van der Waals surface area contributed by atoms with E-state index >= 15 is 0 Å². The Balaban J connectivity index is 2.68. The maximum Gasteiger partial charge on any atom is 0.434 e. The van der Waals surface area contributed by atoms with Crippen LogP contribution in [0.3, 0.4) is 0 Å². The van der Waals surface area contributed by atoms with E-state index in [1.807, 2.05) is 13.8 Å². The van der Waals surface area contributed by atoms with Gasteiger partial charge in [-0.3, -0.25) is 0 Å². The van der Waals surface area contributed by atoms with Crippen molar-refractivity contribution in [2.24, 2.45) is 0 Å². The molecular weight excluding hydrogens is 255 g/mol. The second kappa shape index (κ2) is 5.21. The highest BCUT2D eigenvalue weighted by atomic mass is 32.7. The zero-order valence-corrected chi connectivity index (χ0v) is 10.8. The van der Waals surface area contributed by atoms with E-state index in [1.165, 1.54) is 24.2 Å². The predicted molar refractivity (Wildman–Crippen MR) is 62.5 cm³/mol. The fourth-order valence-electron chi connectivity index (χ4n) is 0.760. The first kappa shape index (κ1) is 12.8. The lowest BCUT2D eigenvalue weighted by Gasteiger charge is -2.07. The molecule has 15 heavy (non-hydrogen) atoms. The third-order valence-corrected chi connectivity index (χ3v) is 2.76. The standard InChI is InChI=1S/C7H11N2O3PS2/c1-5(2)15-7-8-3-6(4-9-7)12-13(10,11)14/h3-5H,1-2H3,(H2,10,11,14). The normalized spacial score (nSPS) is 15.0. The van der Waals surface area contributed by atoms with Crippen LogP contribution in [0.25, 0.3) is 0 Å². The molecule has 0 saturated heterocycles. The molecule has 0 radical (unpaired) electrons. The van der Waals surface area contributed by atoms with Gasteiger partial charge in [0.1, 0.15) is 0 Å². The van der Waals surface area contributed by atoms with Crippen LogP contribution in [0, 0.1) is 0 Å². The van der Waals surface area contributed by atoms with Crippen LogP contribution in [0.2, 0.25) is 0 Å². The first-order chi connectivity index (χ1) is 6.87. The van der Waals surface area contributed by atoms with Crippen molar-refractivity contribution in [2.45, 2.75) is 24.3 Å². The first-order valence-corrected chi connectivity index (χ1v) is 7.71. The Hall–Kier alpha value is -0.230. The van der Waals surface area contributed by atoms with Gasteiger partial charge in [-0.1, -0.05) is 25.6 Å². The minimum Gasteiger partial charge on any atom is -0.414 e. The van der Waals surface area contributed by atoms with Crippen LogP contribution in [-0.2, 0) is 4.57 Å². The summed E-state index contributed by atoms with van der Waals surface area (Å²) < 4.78 is 15.4. The molecule has 1 N–H and O–H groups in total. The molecule has 1 unspecified atom stereocenters. The van der Waals surface area contributed by atoms with Crippen LogP contribution in [0.15, 0.2) is 17.6 Å². The Morgan fingerprint density at radius 1 is 1.53 bits per heavy atom. The number of nitrogens with zero attached hydrogens (tertiary/aromatic N) is 2. The molecule has 1 heterocycles. The lowest BCUT2D eigenvalue weighted by Crippen LogP contribution is -1.93. The monoisotopic (exact) mass is 266 g/mol. The second-order valence-corrected chi connectivity index (χ2v) is 7.17. The van der Waals surface area contributed by atoms with Gasteiger partial charge < -0.3 is 9.42 Å². The highest BCUT2D eigenvalue weighted by Gasteiger charge is 2.14. The van der Waals surface area contributed by atoms with Crippen molar-refractivity contribution in [3.05, 3.63) is 12.4 Å². The minimum atomic E-state index is -3.82. The fourth-order valence-corrected chi connectivity index (χ4v) is 2.06. The van der Waals surface area contributed by atoms with Gasteiger partial charge in [0.25, 0.3) is 0 Å². The van der Waals surface area contributed by atoms with E-state index in [0.717, 1.165) is 0 Å². The number of hydrogen-bond acceptors (Lipinski definition) is 5. The van der Waals surface area contributed by atoms with Gasteiger partial charge in [-0.15, -0.1) is 0 Å². The van der Waals surface area contributed by atoms with Crippen LogP contribution in [0.1, 0.15) is 13.8 Å². The number of thioether (sulfide) groups is 1. The summed E-state index contributed by atoms with van der Waals surface area (Å²) >= 11 is 4.87. The van der Waals surface area contributed by atoms with Gasteiger partial charge in [-0.25, -0.2) is 14.5 Å². The average Bonchev–Trinajstić information content (AvgIpc) is 2.05. The lowest BCUT2D eigenvalue weighted by molar-refractivity contribution is 0.401. The Morgan fingerprint density at radius 2 is 2.07 bits per heavy atom. The predicted octanol–water partition coefficient (Wildman–Crippen LogP) is 2.39. The molecule has 0 aliphatic heterocycles. The summed E-state index contributed by atoms with van der Waals surface area (Å²) in [6.45, 7) is 0.221. The average molecular weight is 266 g/mol. The SMILES string of the molecule is CC(C)Sc1ncc(OP(=O)(O)S)cn1. The van der Waals surface area contributed by atoms with Crippen molar-refractivity contribution in [3.63, 3.8) is 0 Å². The summed E-state index contributed by atoms with van der Waals surface area (Å²) in [5.74, 6) is 0.129. The van der Waals surface area contributed by atoms with E-state index in [9.17, 15) is 4.57 Å². The number of rotatable bonds is 4. The quantitative estimate of drug-likeness (QED) is 0.377. The van der Waals surface area contributed by atoms with Crippen molar-refractivity contribution in [1.82, 2.24) is 9.97 Å². The molecule has 0 aromatic carbocycles. The number of thiol groups is 1. The Morgan fingerprint density at radius 3 is 2.47 bits per heavy atom. The zero-order chi connectivity index (χ0) is 11.5. The van der Waals surface area contributed by atoms with E-state index in [0.29, 0.717) is 10.4 Å². The molecule has 1 aromatic heterocycles. The van der Waals surface area contributed by atoms with Gasteiger partial charge in [-0.05, 0) is 12.2 Å². The molecule has 8 heteroatoms. The third-order valence-electron chi connectivity index (χ3n) is 1.17. The smallest absolute Gasteiger partial charge is 0.414 e. The van der Waals surface area contributed by atoms with Crippen LogP contribution >= 0.6 is 30.8 Å². The summed E-state index contributed by atoms with van der Waals surface area (Å²) in [5, 5.41) is 0.981. The van der Waals surface area contributed by atoms with Crippen LogP contribution < -0.4 is 4.52 Å². The fraction of sp³-hybridized carbons (Fsp3) is 0.429. The Kier molecular flexibility index (Phi) is 4.45. The van der Waals surface area contributed by atoms with Crippen LogP contribution in [0.5, 0.6) is 5.75 Å². The molecule has 1 rings (SSSR count). The molecule has 0 saturated carbocycles. The van der Waals surface area contributed by atoms with Crippen LogP contribution in [0.4, 0.5) is 0 Å². The van der Waals surface area contributed by atoms with Gasteiger partial charge in [0, 0.05) is 5.25 Å². The van der Waals surface area contributed by atoms with E-state index in [4.69, 9.17) is 4.89 Å². The molecule has 0 amide bonds. The lowest BCUT2D eigenvalue weighted by atomic mass is 10.6. The highest BCUT2D eigenvalue weighted by Crippen LogP contribution is 2.46. The maximum absolute atomic E-state index is 10.8. The van der Waals surface area contributed by atoms with Gasteiger partial charge >= 0.3 is 6.80 Å². The summed E-state index contributed by atoms with van der Waals surface area (Å²) in [4.78, 5) is 16.7. The largest absolute Gasteiger partial charge is 0.434 e. The molecule has 0 aliphatic rings. The topological polar surface area (TPSA) is 72.3 Å². The van der Waals surface area contributed by atoms with Gasteiger partial charge in [0.15, 0.2) is 10.9 Å². The molecular formula is C7H11N2O3PS2. The van der Waals surface area contributed by atoms with Crippen molar-refractivity contribution in [2.75, 3.05) is 0 Å². The molecule has 0 bridgehead atoms. The van der Waals surface area contributed by atoms with E-state index in [2.05, 4.69) is 26.7 Å². The van der Waals surface area contributed by atoms with Crippen molar-refractivity contribution in [3.8, 4) is 5.75 Å². The molecule has 0 fully saturated rings. The molecule has 0 spiro atoms. The summed E-state index contributed by atoms with van der Waals surface area (Å²) in [6, 6.07) is 0. The minimum absolute atomic E-state index is 0.129. The second-order valence-electron chi connectivity index (χ2n) is 2.95. The summed E-state index contributed by atoms with van der Waals surface area (Å²) in [6.07, 6.45) is 2.69. The number of aromatic nitrogens is 2. The molecule has 0 aliphatic carbocycles. The molecule has 1 aromatic rings. The van der Waals surface area contributed by atoms with Gasteiger partial charge in [-0.2, -0.15) is 0 Å². The Labute approximate surface area is 97.4 Å². The molecule has 84 valence electrons. The highest BCUT2D eigenvalue weighted by molar-refractivity contribution is 8.44. The first-order valence-electron chi connectivity index (χ1n) is 4.10. The molecule has 1 atom stereocenters. The van der Waals surface area contributed by atoms with Crippen molar-refractivity contribution in [1.29, 1.82) is 0 Å². The third kappa shape index (κ3) is 5.41. The van der Waals surface area contributed by atoms with Crippen molar-refractivity contribution >= 4 is 30.8 Å². The zero-order valence-electron chi connectivity index (χ0n) is 8.19. The van der Waals surface area contributed by atoms with E-state index in [-0.39, 0.29) is 5.75 Å². The maximum atomic E-state index is 10.8. The number of hydrogen-bond donors (Lipinski definition) is 2. The van der Waals surface area contributed by atoms with E-state index < -0.39 is 6.80 Å². The van der Waals surface area contributed by atoms with Crippen molar-refractivity contribution < 1.29 is 14.0 Å². The molecule has 5 nitrogen and oxygen atoms in total. The van der Waals surface area contributed by atoms with Gasteiger partial charge in [0.2, 0.25) is 0 Å².